The minimum Gasteiger partial charge on any atom is -0.497 e. The van der Waals surface area contributed by atoms with Gasteiger partial charge in [-0.1, -0.05) is 12.1 Å². The second-order valence-corrected chi connectivity index (χ2v) is 5.78. The van der Waals surface area contributed by atoms with E-state index in [1.165, 1.54) is 50.4 Å². The van der Waals surface area contributed by atoms with Crippen LogP contribution in [0.1, 0.15) is 27.6 Å². The number of carbonyl (C=O) groups is 3. The number of Topliss-reactive ketones (excluding diaryl/α,β-unsaturated/α-hetero) is 1. The molecule has 0 saturated carbocycles. The molecular weight excluding hydrogens is 388 g/mol. The van der Waals surface area contributed by atoms with Gasteiger partial charge < -0.3 is 19.5 Å². The third-order valence-corrected chi connectivity index (χ3v) is 3.79. The first-order valence-electron chi connectivity index (χ1n) is 8.51. The van der Waals surface area contributed by atoms with Gasteiger partial charge in [-0.3, -0.25) is 14.4 Å². The van der Waals surface area contributed by atoms with E-state index in [4.69, 9.17) is 9.47 Å². The number of hydrogen-bond donors (Lipinski definition) is 1. The molecule has 0 aromatic heterocycles. The largest absolute Gasteiger partial charge is 0.497 e. The maximum absolute atomic E-state index is 12.4. The molecule has 0 unspecified atom stereocenters. The minimum atomic E-state index is -3.10. The van der Waals surface area contributed by atoms with E-state index in [1.807, 2.05) is 0 Å². The van der Waals surface area contributed by atoms with E-state index in [0.717, 1.165) is 0 Å². The Labute approximate surface area is 165 Å². The molecule has 1 atom stereocenters. The topological polar surface area (TPSA) is 90.9 Å². The van der Waals surface area contributed by atoms with Crippen LogP contribution in [0.2, 0.25) is 0 Å². The first kappa shape index (κ1) is 21.8. The van der Waals surface area contributed by atoms with E-state index in [9.17, 15) is 23.2 Å². The Morgan fingerprint density at radius 2 is 1.69 bits per heavy atom. The number of alkyl halides is 2. The number of amides is 1. The summed E-state index contributed by atoms with van der Waals surface area (Å²) in [4.78, 5) is 36.4. The third kappa shape index (κ3) is 6.27. The molecule has 0 spiro atoms. The van der Waals surface area contributed by atoms with Gasteiger partial charge in [0, 0.05) is 5.56 Å². The fourth-order valence-corrected chi connectivity index (χ4v) is 2.38. The van der Waals surface area contributed by atoms with Crippen LogP contribution in [0.15, 0.2) is 48.5 Å². The van der Waals surface area contributed by atoms with Crippen LogP contribution in [0.4, 0.5) is 8.78 Å². The van der Waals surface area contributed by atoms with Crippen molar-refractivity contribution in [3.63, 3.8) is 0 Å². The summed E-state index contributed by atoms with van der Waals surface area (Å²) in [6.45, 7) is -2.25. The van der Waals surface area contributed by atoms with Gasteiger partial charge in [-0.25, -0.2) is 0 Å². The summed E-state index contributed by atoms with van der Waals surface area (Å²) in [7, 11) is 1.49. The molecule has 0 saturated heterocycles. The van der Waals surface area contributed by atoms with Crippen LogP contribution in [0.25, 0.3) is 0 Å². The highest BCUT2D eigenvalue weighted by Crippen LogP contribution is 2.20. The number of carbonyl (C=O) groups excluding carboxylic acids is 3. The zero-order valence-electron chi connectivity index (χ0n) is 15.7. The number of ketones is 1. The van der Waals surface area contributed by atoms with Gasteiger partial charge in [0.1, 0.15) is 18.0 Å². The van der Waals surface area contributed by atoms with Crippen molar-refractivity contribution in [3.8, 4) is 11.5 Å². The summed E-state index contributed by atoms with van der Waals surface area (Å²) in [6.07, 6.45) is -1.08. The lowest BCUT2D eigenvalue weighted by Gasteiger charge is -2.14. The van der Waals surface area contributed by atoms with Gasteiger partial charge in [0.2, 0.25) is 5.78 Å². The van der Waals surface area contributed by atoms with Gasteiger partial charge in [0.05, 0.1) is 12.7 Å². The summed E-state index contributed by atoms with van der Waals surface area (Å²) in [5, 5.41) is 2.25. The number of ether oxygens (including phenoxy) is 3. The second kappa shape index (κ2) is 10.2. The Bertz CT molecular complexity index is 870. The predicted molar refractivity (Wildman–Crippen MR) is 98.3 cm³/mol. The molecule has 0 heterocycles. The van der Waals surface area contributed by atoms with E-state index < -0.39 is 36.9 Å². The Hall–Kier alpha value is -3.49. The summed E-state index contributed by atoms with van der Waals surface area (Å²) in [5.41, 5.74) is 0.163. The molecule has 1 N–H and O–H groups in total. The summed E-state index contributed by atoms with van der Waals surface area (Å²) in [5.74, 6) is -1.84. The first-order valence-corrected chi connectivity index (χ1v) is 8.51. The molecule has 29 heavy (non-hydrogen) atoms. The Kier molecular flexibility index (Phi) is 7.64. The van der Waals surface area contributed by atoms with Gasteiger partial charge in [0.15, 0.2) is 6.10 Å². The lowest BCUT2D eigenvalue weighted by atomic mass is 10.1. The first-order chi connectivity index (χ1) is 13.8. The van der Waals surface area contributed by atoms with Crippen LogP contribution in [0, 0.1) is 0 Å². The summed E-state index contributed by atoms with van der Waals surface area (Å²) >= 11 is 0. The van der Waals surface area contributed by atoms with Crippen LogP contribution in [0.3, 0.4) is 0 Å². The van der Waals surface area contributed by atoms with E-state index >= 15 is 0 Å². The molecular formula is C20H19F2NO6. The number of halogens is 2. The lowest BCUT2D eigenvalue weighted by molar-refractivity contribution is -0.145. The van der Waals surface area contributed by atoms with Gasteiger partial charge in [0.25, 0.3) is 5.91 Å². The van der Waals surface area contributed by atoms with E-state index in [2.05, 4.69) is 10.1 Å². The molecule has 9 heteroatoms. The number of rotatable bonds is 9. The zero-order valence-corrected chi connectivity index (χ0v) is 15.7. The highest BCUT2D eigenvalue weighted by Gasteiger charge is 2.21. The fourth-order valence-electron chi connectivity index (χ4n) is 2.38. The fraction of sp³-hybridized carbons (Fsp3) is 0.250. The molecule has 7 nitrogen and oxygen atoms in total. The van der Waals surface area contributed by atoms with Crippen LogP contribution in [-0.4, -0.2) is 44.0 Å². The molecule has 2 rings (SSSR count). The van der Waals surface area contributed by atoms with Crippen molar-refractivity contribution in [1.29, 1.82) is 0 Å². The van der Waals surface area contributed by atoms with E-state index in [1.54, 1.807) is 12.1 Å². The minimum absolute atomic E-state index is 0.164. The van der Waals surface area contributed by atoms with Gasteiger partial charge in [-0.15, -0.1) is 0 Å². The molecule has 0 aliphatic heterocycles. The summed E-state index contributed by atoms with van der Waals surface area (Å²) < 4.78 is 39.1. The highest BCUT2D eigenvalue weighted by molar-refractivity contribution is 6.01. The Morgan fingerprint density at radius 3 is 2.31 bits per heavy atom. The van der Waals surface area contributed by atoms with Gasteiger partial charge >= 0.3 is 12.6 Å². The Morgan fingerprint density at radius 1 is 1.03 bits per heavy atom. The molecule has 0 aliphatic rings. The quantitative estimate of drug-likeness (QED) is 0.508. The number of methoxy groups -OCH3 is 1. The molecule has 2 aromatic carbocycles. The molecule has 154 valence electrons. The molecule has 0 bridgehead atoms. The SMILES string of the molecule is COc1ccc(C(=O)[C@@H](C)OC(=O)CNC(=O)c2ccccc2OC(F)F)cc1. The Balaban J connectivity index is 1.90. The normalized spacial score (nSPS) is 11.5. The lowest BCUT2D eigenvalue weighted by Crippen LogP contribution is -2.34. The number of hydrogen-bond acceptors (Lipinski definition) is 6. The molecule has 0 fully saturated rings. The highest BCUT2D eigenvalue weighted by atomic mass is 19.3. The van der Waals surface area contributed by atoms with Crippen molar-refractivity contribution in [2.24, 2.45) is 0 Å². The van der Waals surface area contributed by atoms with Crippen molar-refractivity contribution in [1.82, 2.24) is 5.32 Å². The van der Waals surface area contributed by atoms with Crippen molar-refractivity contribution in [2.75, 3.05) is 13.7 Å². The van der Waals surface area contributed by atoms with Gasteiger partial charge in [-0.2, -0.15) is 8.78 Å². The number of para-hydroxylation sites is 1. The monoisotopic (exact) mass is 407 g/mol. The van der Waals surface area contributed by atoms with E-state index in [0.29, 0.717) is 11.3 Å². The molecule has 0 aliphatic carbocycles. The molecule has 0 radical (unpaired) electrons. The third-order valence-electron chi connectivity index (χ3n) is 3.79. The smallest absolute Gasteiger partial charge is 0.387 e. The standard InChI is InChI=1S/C20H19F2NO6/c1-12(18(25)13-7-9-14(27-2)10-8-13)28-17(24)11-23-19(26)15-5-3-4-6-16(15)29-20(21)22/h3-10,12,20H,11H2,1-2H3,(H,23,26)/t12-/m1/s1. The van der Waals surface area contributed by atoms with Gasteiger partial charge in [-0.05, 0) is 43.3 Å². The average molecular weight is 407 g/mol. The van der Waals surface area contributed by atoms with Crippen LogP contribution >= 0.6 is 0 Å². The zero-order chi connectivity index (χ0) is 21.4. The maximum Gasteiger partial charge on any atom is 0.387 e. The van der Waals surface area contributed by atoms with Crippen LogP contribution < -0.4 is 14.8 Å². The second-order valence-electron chi connectivity index (χ2n) is 5.78. The van der Waals surface area contributed by atoms with Crippen molar-refractivity contribution < 1.29 is 37.4 Å². The molecule has 1 amide bonds. The average Bonchev–Trinajstić information content (AvgIpc) is 2.71. The summed E-state index contributed by atoms with van der Waals surface area (Å²) in [6, 6.07) is 11.6. The van der Waals surface area contributed by atoms with E-state index in [-0.39, 0.29) is 11.3 Å². The van der Waals surface area contributed by atoms with Crippen molar-refractivity contribution >= 4 is 17.7 Å². The predicted octanol–water partition coefficient (Wildman–Crippen LogP) is 2.84. The number of esters is 1. The van der Waals surface area contributed by atoms with Crippen molar-refractivity contribution in [2.45, 2.75) is 19.6 Å². The number of benzene rings is 2. The van der Waals surface area contributed by atoms with Crippen molar-refractivity contribution in [3.05, 3.63) is 59.7 Å². The maximum atomic E-state index is 12.4. The van der Waals surface area contributed by atoms with Crippen LogP contribution in [0.5, 0.6) is 11.5 Å². The molecule has 2 aromatic rings. The number of nitrogens with one attached hydrogen (secondary N) is 1. The van der Waals surface area contributed by atoms with Crippen LogP contribution in [-0.2, 0) is 9.53 Å².